The van der Waals surface area contributed by atoms with Crippen LogP contribution in [0.5, 0.6) is 0 Å². The number of thiazole rings is 1. The highest BCUT2D eigenvalue weighted by molar-refractivity contribution is 7.09. The van der Waals surface area contributed by atoms with E-state index in [4.69, 9.17) is 9.72 Å². The summed E-state index contributed by atoms with van der Waals surface area (Å²) in [7, 11) is 1.37. The third-order valence-electron chi connectivity index (χ3n) is 6.10. The number of urea groups is 1. The lowest BCUT2D eigenvalue weighted by atomic mass is 9.86. The van der Waals surface area contributed by atoms with Gasteiger partial charge in [0.1, 0.15) is 5.01 Å². The number of hydrogen-bond acceptors (Lipinski definition) is 5. The summed E-state index contributed by atoms with van der Waals surface area (Å²) in [6.07, 6.45) is 6.96. The van der Waals surface area contributed by atoms with Gasteiger partial charge < -0.3 is 10.1 Å². The fourth-order valence-electron chi connectivity index (χ4n) is 4.47. The van der Waals surface area contributed by atoms with Crippen molar-refractivity contribution < 1.29 is 14.3 Å². The molecule has 2 aromatic rings. The van der Waals surface area contributed by atoms with Crippen LogP contribution in [0.2, 0.25) is 0 Å². The SMILES string of the molecule is CCC1=NC(=O)NC(c2ccc(C(=O)OC)cc2)C1c1nc(C2CCCCC2)cs1. The molecule has 1 aliphatic carbocycles. The van der Waals surface area contributed by atoms with Gasteiger partial charge in [-0.1, -0.05) is 38.3 Å². The predicted molar refractivity (Wildman–Crippen MR) is 117 cm³/mol. The minimum absolute atomic E-state index is 0.0981. The van der Waals surface area contributed by atoms with Gasteiger partial charge in [0.2, 0.25) is 0 Å². The number of nitrogens with zero attached hydrogens (tertiary/aromatic N) is 2. The molecular weight excluding hydrogens is 398 g/mol. The molecule has 1 saturated carbocycles. The second-order valence-corrected chi connectivity index (χ2v) is 8.81. The van der Waals surface area contributed by atoms with Gasteiger partial charge in [0, 0.05) is 17.0 Å². The number of benzene rings is 1. The number of esters is 1. The fourth-order valence-corrected chi connectivity index (χ4v) is 5.54. The summed E-state index contributed by atoms with van der Waals surface area (Å²) < 4.78 is 4.79. The molecular formula is C23H27N3O3S. The molecule has 0 radical (unpaired) electrons. The number of carbonyl (C=O) groups excluding carboxylic acids is 2. The smallest absolute Gasteiger partial charge is 0.341 e. The molecule has 30 heavy (non-hydrogen) atoms. The van der Waals surface area contributed by atoms with Gasteiger partial charge in [0.25, 0.3) is 0 Å². The maximum absolute atomic E-state index is 12.3. The number of aliphatic imine (C=N–C) groups is 1. The van der Waals surface area contributed by atoms with E-state index in [2.05, 4.69) is 15.7 Å². The number of hydrogen-bond donors (Lipinski definition) is 1. The summed E-state index contributed by atoms with van der Waals surface area (Å²) in [5, 5.41) is 6.21. The van der Waals surface area contributed by atoms with Gasteiger partial charge >= 0.3 is 12.0 Å². The van der Waals surface area contributed by atoms with Crippen LogP contribution in [0.3, 0.4) is 0 Å². The highest BCUT2D eigenvalue weighted by Crippen LogP contribution is 2.40. The molecule has 2 unspecified atom stereocenters. The van der Waals surface area contributed by atoms with Crippen LogP contribution >= 0.6 is 11.3 Å². The Balaban J connectivity index is 1.67. The van der Waals surface area contributed by atoms with Crippen molar-refractivity contribution in [2.45, 2.75) is 63.3 Å². The number of aromatic nitrogens is 1. The Morgan fingerprint density at radius 3 is 2.60 bits per heavy atom. The van der Waals surface area contributed by atoms with Gasteiger partial charge in [0.15, 0.2) is 0 Å². The third kappa shape index (κ3) is 4.17. The van der Waals surface area contributed by atoms with Crippen LogP contribution in [0.15, 0.2) is 34.6 Å². The van der Waals surface area contributed by atoms with Crippen molar-refractivity contribution in [2.75, 3.05) is 7.11 Å². The first-order chi connectivity index (χ1) is 14.6. The molecule has 0 bridgehead atoms. The second-order valence-electron chi connectivity index (χ2n) is 7.92. The lowest BCUT2D eigenvalue weighted by Crippen LogP contribution is -2.39. The Morgan fingerprint density at radius 2 is 1.93 bits per heavy atom. The Hall–Kier alpha value is -2.54. The molecule has 1 N–H and O–H groups in total. The van der Waals surface area contributed by atoms with E-state index in [0.717, 1.165) is 16.3 Å². The van der Waals surface area contributed by atoms with Crippen molar-refractivity contribution in [3.63, 3.8) is 0 Å². The van der Waals surface area contributed by atoms with E-state index in [1.54, 1.807) is 23.5 Å². The largest absolute Gasteiger partial charge is 0.465 e. The lowest BCUT2D eigenvalue weighted by molar-refractivity contribution is 0.0600. The molecule has 2 amide bonds. The first-order valence-electron chi connectivity index (χ1n) is 10.6. The second kappa shape index (κ2) is 9.08. The molecule has 0 spiro atoms. The molecule has 7 heteroatoms. The van der Waals surface area contributed by atoms with Crippen molar-refractivity contribution in [1.82, 2.24) is 10.3 Å². The summed E-state index contributed by atoms with van der Waals surface area (Å²) in [5.41, 5.74) is 3.45. The standard InChI is InChI=1S/C23H27N3O3S/c1-3-17-19(21-24-18(13-30-21)14-7-5-4-6-8-14)20(26-23(28)25-17)15-9-11-16(12-10-15)22(27)29-2/h9-14,19-20H,3-8H2,1-2H3,(H,26,28). The molecule has 2 aliphatic rings. The van der Waals surface area contributed by atoms with Crippen molar-refractivity contribution in [3.05, 3.63) is 51.5 Å². The summed E-state index contributed by atoms with van der Waals surface area (Å²) >= 11 is 1.66. The van der Waals surface area contributed by atoms with Crippen molar-refractivity contribution in [2.24, 2.45) is 4.99 Å². The lowest BCUT2D eigenvalue weighted by Gasteiger charge is -2.31. The van der Waals surface area contributed by atoms with Gasteiger partial charge in [-0.25, -0.2) is 19.6 Å². The molecule has 1 aromatic heterocycles. The van der Waals surface area contributed by atoms with Gasteiger partial charge in [-0.15, -0.1) is 11.3 Å². The summed E-state index contributed by atoms with van der Waals surface area (Å²) in [5.74, 6) is 0.0689. The molecule has 2 heterocycles. The van der Waals surface area contributed by atoms with Crippen LogP contribution in [0, 0.1) is 0 Å². The zero-order valence-electron chi connectivity index (χ0n) is 17.4. The van der Waals surface area contributed by atoms with Crippen LogP contribution in [0.25, 0.3) is 0 Å². The molecule has 2 atom stereocenters. The first kappa shape index (κ1) is 20.7. The molecule has 158 valence electrons. The van der Waals surface area contributed by atoms with Crippen LogP contribution < -0.4 is 5.32 Å². The topological polar surface area (TPSA) is 80.7 Å². The van der Waals surface area contributed by atoms with E-state index in [9.17, 15) is 9.59 Å². The maximum atomic E-state index is 12.3. The average molecular weight is 426 g/mol. The number of methoxy groups -OCH3 is 1. The van der Waals surface area contributed by atoms with E-state index >= 15 is 0 Å². The van der Waals surface area contributed by atoms with Gasteiger partial charge in [-0.05, 0) is 37.0 Å². The Morgan fingerprint density at radius 1 is 1.20 bits per heavy atom. The monoisotopic (exact) mass is 425 g/mol. The van der Waals surface area contributed by atoms with Crippen molar-refractivity contribution in [1.29, 1.82) is 0 Å². The molecule has 1 aliphatic heterocycles. The molecule has 1 fully saturated rings. The quantitative estimate of drug-likeness (QED) is 0.653. The van der Waals surface area contributed by atoms with Gasteiger partial charge in [-0.2, -0.15) is 0 Å². The highest BCUT2D eigenvalue weighted by atomic mass is 32.1. The fraction of sp³-hybridized carbons (Fsp3) is 0.478. The van der Waals surface area contributed by atoms with Crippen LogP contribution in [0.4, 0.5) is 4.79 Å². The Bertz CT molecular complexity index is 945. The number of ether oxygens (including phenoxy) is 1. The summed E-state index contributed by atoms with van der Waals surface area (Å²) in [6, 6.07) is 6.63. The number of nitrogens with one attached hydrogen (secondary N) is 1. The number of rotatable bonds is 5. The third-order valence-corrected chi connectivity index (χ3v) is 7.04. The highest BCUT2D eigenvalue weighted by Gasteiger charge is 2.36. The van der Waals surface area contributed by atoms with Crippen LogP contribution in [-0.2, 0) is 4.74 Å². The van der Waals surface area contributed by atoms with E-state index in [0.29, 0.717) is 17.9 Å². The van der Waals surface area contributed by atoms with E-state index in [1.165, 1.54) is 44.9 Å². The average Bonchev–Trinajstić information content (AvgIpc) is 3.28. The van der Waals surface area contributed by atoms with Gasteiger partial charge in [-0.3, -0.25) is 0 Å². The van der Waals surface area contributed by atoms with E-state index in [-0.39, 0.29) is 24.0 Å². The van der Waals surface area contributed by atoms with E-state index < -0.39 is 0 Å². The van der Waals surface area contributed by atoms with Crippen molar-refractivity contribution >= 4 is 29.0 Å². The summed E-state index contributed by atoms with van der Waals surface area (Å²) in [6.45, 7) is 2.03. The Labute approximate surface area is 180 Å². The first-order valence-corrected chi connectivity index (χ1v) is 11.5. The van der Waals surface area contributed by atoms with Gasteiger partial charge in [0.05, 0.1) is 30.3 Å². The van der Waals surface area contributed by atoms with Crippen LogP contribution in [-0.4, -0.2) is 29.8 Å². The minimum atomic E-state index is -0.376. The zero-order valence-corrected chi connectivity index (χ0v) is 18.2. The Kier molecular flexibility index (Phi) is 6.27. The predicted octanol–water partition coefficient (Wildman–Crippen LogP) is 5.38. The maximum Gasteiger partial charge on any atom is 0.341 e. The zero-order chi connectivity index (χ0) is 21.1. The molecule has 6 nitrogen and oxygen atoms in total. The molecule has 0 saturated heterocycles. The minimum Gasteiger partial charge on any atom is -0.465 e. The normalized spacial score (nSPS) is 22.3. The number of carbonyl (C=O) groups is 2. The molecule has 4 rings (SSSR count). The van der Waals surface area contributed by atoms with Crippen molar-refractivity contribution in [3.8, 4) is 0 Å². The van der Waals surface area contributed by atoms with Crippen LogP contribution in [0.1, 0.15) is 89.9 Å². The van der Waals surface area contributed by atoms with E-state index in [1.807, 2.05) is 19.1 Å². The number of amides is 2. The summed E-state index contributed by atoms with van der Waals surface area (Å²) in [4.78, 5) is 33.4. The molecule has 1 aromatic carbocycles.